The summed E-state index contributed by atoms with van der Waals surface area (Å²) in [6, 6.07) is 42.0. The molecule has 0 atom stereocenters. The predicted octanol–water partition coefficient (Wildman–Crippen LogP) is 10.1. The molecule has 0 radical (unpaired) electrons. The van der Waals surface area contributed by atoms with Gasteiger partial charge in [-0.25, -0.2) is 0 Å². The lowest BCUT2D eigenvalue weighted by atomic mass is 9.33. The molecule has 3 aliphatic rings. The Balaban J connectivity index is 1.43. The topological polar surface area (TPSA) is 6.48 Å². The van der Waals surface area contributed by atoms with Crippen molar-refractivity contribution in [2.75, 3.05) is 9.80 Å². The van der Waals surface area contributed by atoms with Crippen molar-refractivity contribution in [3.8, 4) is 0 Å². The molecule has 0 N–H and O–H groups in total. The molecule has 3 heteroatoms. The molecule has 224 valence electrons. The van der Waals surface area contributed by atoms with Gasteiger partial charge in [0.1, 0.15) is 0 Å². The first-order valence-corrected chi connectivity index (χ1v) is 17.2. The van der Waals surface area contributed by atoms with Crippen LogP contribution in [0.25, 0.3) is 0 Å². The summed E-state index contributed by atoms with van der Waals surface area (Å²) < 4.78 is 0. The van der Waals surface area contributed by atoms with Gasteiger partial charge in [-0.15, -0.1) is 0 Å². The second-order valence-electron chi connectivity index (χ2n) is 14.0. The highest BCUT2D eigenvalue weighted by atomic mass is 15.2. The van der Waals surface area contributed by atoms with Crippen molar-refractivity contribution >= 4 is 57.2 Å². The third kappa shape index (κ3) is 4.71. The van der Waals surface area contributed by atoms with E-state index in [-0.39, 0.29) is 6.71 Å². The van der Waals surface area contributed by atoms with Gasteiger partial charge in [0.2, 0.25) is 0 Å². The van der Waals surface area contributed by atoms with Crippen molar-refractivity contribution in [3.63, 3.8) is 0 Å². The number of hydrogen-bond acceptors (Lipinski definition) is 2. The molecule has 0 spiro atoms. The molecule has 2 aliphatic heterocycles. The summed E-state index contributed by atoms with van der Waals surface area (Å²) in [6.07, 6.45) is 6.57. The Morgan fingerprint density at radius 3 is 1.71 bits per heavy atom. The van der Waals surface area contributed by atoms with Gasteiger partial charge in [-0.2, -0.15) is 0 Å². The van der Waals surface area contributed by atoms with E-state index in [1.165, 1.54) is 99.3 Å². The smallest absolute Gasteiger partial charge is 0.252 e. The second kappa shape index (κ2) is 11.3. The molecule has 8 rings (SSSR count). The molecular weight excluding hydrogens is 543 g/mol. The zero-order chi connectivity index (χ0) is 30.7. The Labute approximate surface area is 269 Å². The highest BCUT2D eigenvalue weighted by molar-refractivity contribution is 7.00. The van der Waals surface area contributed by atoms with Gasteiger partial charge >= 0.3 is 0 Å². The van der Waals surface area contributed by atoms with Gasteiger partial charge in [0.05, 0.1) is 0 Å². The molecule has 0 saturated heterocycles. The van der Waals surface area contributed by atoms with Crippen molar-refractivity contribution in [1.82, 2.24) is 0 Å². The molecule has 0 aromatic heterocycles. The number of fused-ring (bicyclic) bond motifs is 4. The van der Waals surface area contributed by atoms with Crippen LogP contribution in [0.15, 0.2) is 109 Å². The van der Waals surface area contributed by atoms with Crippen LogP contribution in [-0.2, 0) is 0 Å². The third-order valence-corrected chi connectivity index (χ3v) is 10.6. The van der Waals surface area contributed by atoms with Crippen LogP contribution in [0.3, 0.4) is 0 Å². The lowest BCUT2D eigenvalue weighted by molar-refractivity contribution is 0.444. The Hall–Kier alpha value is -4.24. The average Bonchev–Trinajstić information content (AvgIpc) is 3.08. The molecule has 0 amide bonds. The molecule has 1 fully saturated rings. The number of rotatable bonds is 5. The van der Waals surface area contributed by atoms with Crippen molar-refractivity contribution in [2.45, 2.75) is 77.6 Å². The summed E-state index contributed by atoms with van der Waals surface area (Å²) >= 11 is 0. The minimum absolute atomic E-state index is 0.179. The first-order chi connectivity index (χ1) is 22.0. The van der Waals surface area contributed by atoms with E-state index in [9.17, 15) is 0 Å². The van der Waals surface area contributed by atoms with Gasteiger partial charge < -0.3 is 9.80 Å². The van der Waals surface area contributed by atoms with Gasteiger partial charge in [-0.3, -0.25) is 0 Å². The van der Waals surface area contributed by atoms with Crippen LogP contribution >= 0.6 is 0 Å². The molecule has 1 aliphatic carbocycles. The van der Waals surface area contributed by atoms with Crippen LogP contribution in [0.2, 0.25) is 0 Å². The lowest BCUT2D eigenvalue weighted by Crippen LogP contribution is -2.61. The Morgan fingerprint density at radius 2 is 1.11 bits per heavy atom. The van der Waals surface area contributed by atoms with Crippen molar-refractivity contribution < 1.29 is 0 Å². The van der Waals surface area contributed by atoms with E-state index < -0.39 is 0 Å². The van der Waals surface area contributed by atoms with E-state index in [1.54, 1.807) is 0 Å². The molecule has 5 aromatic rings. The molecule has 2 nitrogen and oxygen atoms in total. The highest BCUT2D eigenvalue weighted by Gasteiger charge is 2.43. The van der Waals surface area contributed by atoms with Gasteiger partial charge in [0.25, 0.3) is 6.71 Å². The van der Waals surface area contributed by atoms with E-state index in [2.05, 4.69) is 147 Å². The molecule has 1 saturated carbocycles. The average molecular weight is 587 g/mol. The SMILES string of the molecule is CC(C)c1ccc(N2c3ccccc3B3c4ccccc4N(c4cccc(C(C)C)c4)c4cc(C5CCCCC5)cc2c43)cc1. The minimum Gasteiger partial charge on any atom is -0.311 e. The Morgan fingerprint density at radius 1 is 0.533 bits per heavy atom. The summed E-state index contributed by atoms with van der Waals surface area (Å²) in [6.45, 7) is 9.33. The maximum Gasteiger partial charge on any atom is 0.252 e. The van der Waals surface area contributed by atoms with Crippen LogP contribution in [0.4, 0.5) is 34.1 Å². The zero-order valence-corrected chi connectivity index (χ0v) is 27.1. The molecule has 45 heavy (non-hydrogen) atoms. The van der Waals surface area contributed by atoms with E-state index in [0.717, 1.165) is 0 Å². The van der Waals surface area contributed by atoms with Crippen LogP contribution in [0, 0.1) is 0 Å². The van der Waals surface area contributed by atoms with Crippen LogP contribution < -0.4 is 26.2 Å². The summed E-state index contributed by atoms with van der Waals surface area (Å²) in [5.41, 5.74) is 16.2. The first-order valence-electron chi connectivity index (χ1n) is 17.2. The second-order valence-corrected chi connectivity index (χ2v) is 14.0. The maximum absolute atomic E-state index is 2.58. The van der Waals surface area contributed by atoms with Crippen LogP contribution in [0.1, 0.15) is 94.2 Å². The largest absolute Gasteiger partial charge is 0.311 e. The van der Waals surface area contributed by atoms with Crippen molar-refractivity contribution in [1.29, 1.82) is 0 Å². The van der Waals surface area contributed by atoms with E-state index in [4.69, 9.17) is 0 Å². The molecule has 0 unspecified atom stereocenters. The number of nitrogens with zero attached hydrogens (tertiary/aromatic N) is 2. The van der Waals surface area contributed by atoms with Gasteiger partial charge in [-0.05, 0) is 112 Å². The highest BCUT2D eigenvalue weighted by Crippen LogP contribution is 2.47. The van der Waals surface area contributed by atoms with Gasteiger partial charge in [0, 0.05) is 34.1 Å². The number of anilines is 6. The molecule has 0 bridgehead atoms. The number of para-hydroxylation sites is 2. The number of benzene rings is 5. The van der Waals surface area contributed by atoms with Crippen molar-refractivity contribution in [2.24, 2.45) is 0 Å². The Bertz CT molecular complexity index is 1860. The normalized spacial score (nSPS) is 15.7. The fourth-order valence-electron chi connectivity index (χ4n) is 8.18. The fourth-order valence-corrected chi connectivity index (χ4v) is 8.18. The third-order valence-electron chi connectivity index (χ3n) is 10.6. The summed E-state index contributed by atoms with van der Waals surface area (Å²) in [7, 11) is 0. The molecule has 5 aromatic carbocycles. The standard InChI is InChI=1S/C42H43BN2/c1-28(2)30-21-23-34(24-22-30)44-38-19-10-8-17-36(38)43-37-18-9-11-20-39(37)45(35-16-12-15-32(25-35)29(3)4)41-27-33(26-40(44)42(41)43)31-13-6-5-7-14-31/h8-12,15-29,31H,5-7,13-14H2,1-4H3. The Kier molecular flexibility index (Phi) is 7.09. The summed E-state index contributed by atoms with van der Waals surface area (Å²) in [5.74, 6) is 1.57. The van der Waals surface area contributed by atoms with E-state index in [1.807, 2.05) is 0 Å². The van der Waals surface area contributed by atoms with E-state index in [0.29, 0.717) is 17.8 Å². The van der Waals surface area contributed by atoms with Gasteiger partial charge in [0.15, 0.2) is 0 Å². The molecule has 2 heterocycles. The monoisotopic (exact) mass is 586 g/mol. The zero-order valence-electron chi connectivity index (χ0n) is 27.1. The number of hydrogen-bond donors (Lipinski definition) is 0. The summed E-state index contributed by atoms with van der Waals surface area (Å²) in [5, 5.41) is 0. The quantitative estimate of drug-likeness (QED) is 0.185. The fraction of sp³-hybridized carbons (Fsp3) is 0.286. The summed E-state index contributed by atoms with van der Waals surface area (Å²) in [4.78, 5) is 5.15. The van der Waals surface area contributed by atoms with Gasteiger partial charge in [-0.1, -0.05) is 108 Å². The maximum atomic E-state index is 2.58. The molecular formula is C42H43BN2. The minimum atomic E-state index is 0.179. The predicted molar refractivity (Wildman–Crippen MR) is 194 cm³/mol. The van der Waals surface area contributed by atoms with Crippen molar-refractivity contribution in [3.05, 3.63) is 126 Å². The van der Waals surface area contributed by atoms with E-state index >= 15 is 0 Å². The first kappa shape index (κ1) is 28.3. The lowest BCUT2D eigenvalue weighted by Gasteiger charge is -2.45. The van der Waals surface area contributed by atoms with Crippen LogP contribution in [0.5, 0.6) is 0 Å². The van der Waals surface area contributed by atoms with Crippen LogP contribution in [-0.4, -0.2) is 6.71 Å².